The molecule has 0 amide bonds. The molecule has 0 N–H and O–H groups in total. The Morgan fingerprint density at radius 3 is 2.72 bits per heavy atom. The van der Waals surface area contributed by atoms with Gasteiger partial charge in [-0.05, 0) is 48.6 Å². The molecule has 1 aliphatic rings. The van der Waals surface area contributed by atoms with E-state index in [0.29, 0.717) is 29.5 Å². The number of hydrogen-bond acceptors (Lipinski definition) is 6. The fourth-order valence-electron chi connectivity index (χ4n) is 3.58. The Morgan fingerprint density at radius 1 is 1.12 bits per heavy atom. The molecule has 1 aromatic carbocycles. The maximum Gasteiger partial charge on any atom is 0.212 e. The fraction of sp³-hybridized carbons (Fsp3) is 0.240. The Balaban J connectivity index is 1.37. The average Bonchev–Trinajstić information content (AvgIpc) is 3.49. The van der Waals surface area contributed by atoms with Crippen LogP contribution < -0.4 is 9.47 Å². The number of carbonyl (C=O) groups excluding carboxylic acids is 1. The quantitative estimate of drug-likeness (QED) is 0.321. The minimum absolute atomic E-state index is 0.122. The van der Waals surface area contributed by atoms with Gasteiger partial charge in [-0.15, -0.1) is 11.3 Å². The van der Waals surface area contributed by atoms with E-state index in [1.165, 1.54) is 17.4 Å². The zero-order chi connectivity index (χ0) is 22.1. The van der Waals surface area contributed by atoms with Crippen LogP contribution in [0, 0.1) is 11.7 Å². The lowest BCUT2D eigenvalue weighted by Crippen LogP contribution is -2.04. The molecule has 7 heteroatoms. The second-order valence-electron chi connectivity index (χ2n) is 7.95. The molecule has 0 spiro atoms. The summed E-state index contributed by atoms with van der Waals surface area (Å²) < 4.78 is 26.6. The molecule has 3 aromatic heterocycles. The number of nitrogens with zero attached hydrogens (tertiary/aromatic N) is 2. The molecule has 162 valence electrons. The van der Waals surface area contributed by atoms with Crippen molar-refractivity contribution in [2.24, 2.45) is 5.92 Å². The van der Waals surface area contributed by atoms with Crippen molar-refractivity contribution >= 4 is 27.3 Å². The van der Waals surface area contributed by atoms with Gasteiger partial charge < -0.3 is 9.47 Å². The summed E-state index contributed by atoms with van der Waals surface area (Å²) in [5.74, 6) is 1.41. The van der Waals surface area contributed by atoms with Crippen molar-refractivity contribution in [3.05, 3.63) is 66.2 Å². The highest BCUT2D eigenvalue weighted by Crippen LogP contribution is 2.39. The number of benzene rings is 1. The van der Waals surface area contributed by atoms with Crippen molar-refractivity contribution in [1.82, 2.24) is 9.97 Å². The van der Waals surface area contributed by atoms with Gasteiger partial charge in [0.05, 0.1) is 17.3 Å². The molecule has 3 heterocycles. The van der Waals surface area contributed by atoms with Crippen molar-refractivity contribution in [3.8, 4) is 27.8 Å². The topological polar surface area (TPSA) is 61.3 Å². The van der Waals surface area contributed by atoms with Gasteiger partial charge in [0.1, 0.15) is 11.5 Å². The van der Waals surface area contributed by atoms with Crippen LogP contribution in [0.5, 0.6) is 17.4 Å². The Morgan fingerprint density at radius 2 is 2.00 bits per heavy atom. The van der Waals surface area contributed by atoms with E-state index in [2.05, 4.69) is 9.97 Å². The lowest BCUT2D eigenvalue weighted by atomic mass is 10.0. The number of hydrogen-bond donors (Lipinski definition) is 0. The first-order valence-electron chi connectivity index (χ1n) is 10.5. The van der Waals surface area contributed by atoms with E-state index in [1.54, 1.807) is 43.8 Å². The normalized spacial score (nSPS) is 13.3. The van der Waals surface area contributed by atoms with E-state index < -0.39 is 5.82 Å². The van der Waals surface area contributed by atoms with Crippen LogP contribution in [-0.2, 0) is 11.2 Å². The van der Waals surface area contributed by atoms with Gasteiger partial charge in [-0.2, -0.15) is 0 Å². The predicted molar refractivity (Wildman–Crippen MR) is 122 cm³/mol. The summed E-state index contributed by atoms with van der Waals surface area (Å²) >= 11 is 1.50. The van der Waals surface area contributed by atoms with Crippen LogP contribution >= 0.6 is 11.3 Å². The van der Waals surface area contributed by atoms with Crippen molar-refractivity contribution in [2.45, 2.75) is 25.7 Å². The Hall–Kier alpha value is -3.32. The molecular formula is C25H21FN2O3S. The molecule has 32 heavy (non-hydrogen) atoms. The van der Waals surface area contributed by atoms with Crippen LogP contribution in [0.1, 0.15) is 24.8 Å². The molecule has 0 bridgehead atoms. The lowest BCUT2D eigenvalue weighted by Gasteiger charge is -2.09. The van der Waals surface area contributed by atoms with Crippen LogP contribution in [-0.4, -0.2) is 22.9 Å². The number of aromatic nitrogens is 2. The summed E-state index contributed by atoms with van der Waals surface area (Å²) in [5, 5.41) is 0. The highest BCUT2D eigenvalue weighted by Gasteiger charge is 2.24. The highest BCUT2D eigenvalue weighted by molar-refractivity contribution is 7.22. The number of halogens is 1. The van der Waals surface area contributed by atoms with E-state index >= 15 is 0 Å². The zero-order valence-corrected chi connectivity index (χ0v) is 18.3. The fourth-order valence-corrected chi connectivity index (χ4v) is 4.64. The summed E-state index contributed by atoms with van der Waals surface area (Å²) in [6.45, 7) is 0. The Kier molecular flexibility index (Phi) is 5.57. The van der Waals surface area contributed by atoms with Gasteiger partial charge in [0, 0.05) is 47.8 Å². The number of rotatable bonds is 8. The maximum atomic E-state index is 14.7. The molecule has 0 saturated heterocycles. The van der Waals surface area contributed by atoms with Crippen molar-refractivity contribution in [2.75, 3.05) is 7.11 Å². The first-order chi connectivity index (χ1) is 15.6. The minimum atomic E-state index is -0.484. The molecule has 0 radical (unpaired) electrons. The van der Waals surface area contributed by atoms with Crippen LogP contribution in [0.25, 0.3) is 20.7 Å². The number of methoxy groups -OCH3 is 1. The molecule has 1 saturated carbocycles. The smallest absolute Gasteiger partial charge is 0.212 e. The van der Waals surface area contributed by atoms with Crippen LogP contribution in [0.2, 0.25) is 0 Å². The van der Waals surface area contributed by atoms with Gasteiger partial charge in [-0.3, -0.25) is 9.78 Å². The molecule has 1 aliphatic carbocycles. The second-order valence-corrected chi connectivity index (χ2v) is 9.01. The number of Topliss-reactive ketones (excluding diaryl/α,β-unsaturated/α-hetero) is 1. The number of carbonyl (C=O) groups is 1. The summed E-state index contributed by atoms with van der Waals surface area (Å²) in [7, 11) is 1.58. The molecule has 0 unspecified atom stereocenters. The van der Waals surface area contributed by atoms with E-state index in [-0.39, 0.29) is 18.0 Å². The Bertz CT molecular complexity index is 1280. The minimum Gasteiger partial charge on any atom is -0.481 e. The molecule has 5 rings (SSSR count). The third kappa shape index (κ3) is 4.48. The van der Waals surface area contributed by atoms with Crippen LogP contribution in [0.4, 0.5) is 4.39 Å². The Labute approximate surface area is 188 Å². The zero-order valence-electron chi connectivity index (χ0n) is 17.5. The molecular weight excluding hydrogens is 427 g/mol. The van der Waals surface area contributed by atoms with Gasteiger partial charge >= 0.3 is 0 Å². The van der Waals surface area contributed by atoms with Gasteiger partial charge in [0.2, 0.25) is 5.88 Å². The first kappa shape index (κ1) is 20.6. The first-order valence-corrected chi connectivity index (χ1v) is 11.3. The van der Waals surface area contributed by atoms with Crippen molar-refractivity contribution in [3.63, 3.8) is 0 Å². The second kappa shape index (κ2) is 8.67. The van der Waals surface area contributed by atoms with Crippen LogP contribution in [0.3, 0.4) is 0 Å². The summed E-state index contributed by atoms with van der Waals surface area (Å²) in [4.78, 5) is 21.7. The van der Waals surface area contributed by atoms with Crippen LogP contribution in [0.15, 0.2) is 54.9 Å². The monoisotopic (exact) mass is 448 g/mol. The third-order valence-corrected chi connectivity index (χ3v) is 6.62. The van der Waals surface area contributed by atoms with E-state index in [1.807, 2.05) is 12.1 Å². The van der Waals surface area contributed by atoms with Crippen molar-refractivity contribution < 1.29 is 18.7 Å². The summed E-state index contributed by atoms with van der Waals surface area (Å²) in [6, 6.07) is 12.1. The number of ketones is 1. The van der Waals surface area contributed by atoms with Gasteiger partial charge in [-0.1, -0.05) is 6.07 Å². The van der Waals surface area contributed by atoms with Crippen molar-refractivity contribution in [1.29, 1.82) is 0 Å². The van der Waals surface area contributed by atoms with E-state index in [9.17, 15) is 9.18 Å². The van der Waals surface area contributed by atoms with Gasteiger partial charge in [0.15, 0.2) is 11.6 Å². The predicted octanol–water partition coefficient (Wildman–Crippen LogP) is 6.21. The van der Waals surface area contributed by atoms with Gasteiger partial charge in [-0.25, -0.2) is 9.37 Å². The average molecular weight is 449 g/mol. The molecule has 0 atom stereocenters. The lowest BCUT2D eigenvalue weighted by molar-refractivity contribution is -0.118. The van der Waals surface area contributed by atoms with E-state index in [0.717, 1.165) is 33.5 Å². The SMILES string of the molecule is COc1ccc(-c2cc3nccc(Oc4ccc(CC(=O)CC5CC5)cc4F)c3s2)cn1. The number of ether oxygens (including phenoxy) is 2. The molecule has 5 nitrogen and oxygen atoms in total. The molecule has 4 aromatic rings. The number of fused-ring (bicyclic) bond motifs is 1. The number of thiophene rings is 1. The summed E-state index contributed by atoms with van der Waals surface area (Å²) in [6.07, 6.45) is 6.51. The number of pyridine rings is 2. The highest BCUT2D eigenvalue weighted by atomic mass is 32.1. The third-order valence-electron chi connectivity index (χ3n) is 5.44. The molecule has 1 fully saturated rings. The largest absolute Gasteiger partial charge is 0.481 e. The molecule has 0 aliphatic heterocycles. The van der Waals surface area contributed by atoms with E-state index in [4.69, 9.17) is 9.47 Å². The summed E-state index contributed by atoms with van der Waals surface area (Å²) in [5.41, 5.74) is 2.37. The van der Waals surface area contributed by atoms with Gasteiger partial charge in [0.25, 0.3) is 0 Å². The standard InChI is InChI=1S/C25H21FN2O3S/c1-30-24-7-5-17(14-28-24)23-13-20-25(32-23)22(8-9-27-20)31-21-6-4-16(12-19(21)26)11-18(29)10-15-2-3-15/h4-9,12-15H,2-3,10-11H2,1H3. The maximum absolute atomic E-state index is 14.7.